The molecule has 0 aliphatic carbocycles. The van der Waals surface area contributed by atoms with Gasteiger partial charge < -0.3 is 9.47 Å². The van der Waals surface area contributed by atoms with Gasteiger partial charge in [0.25, 0.3) is 10.0 Å². The fraction of sp³-hybridized carbons (Fsp3) is 0.208. The van der Waals surface area contributed by atoms with Gasteiger partial charge in [0.1, 0.15) is 0 Å². The highest BCUT2D eigenvalue weighted by molar-refractivity contribution is 9.10. The zero-order valence-electron chi connectivity index (χ0n) is 17.9. The molecule has 3 aromatic carbocycles. The first-order chi connectivity index (χ1) is 15.3. The van der Waals surface area contributed by atoms with Crippen molar-refractivity contribution in [3.63, 3.8) is 0 Å². The van der Waals surface area contributed by atoms with Gasteiger partial charge in [0.05, 0.1) is 30.9 Å². The maximum atomic E-state index is 13.7. The summed E-state index contributed by atoms with van der Waals surface area (Å²) < 4.78 is 40.5. The van der Waals surface area contributed by atoms with Crippen molar-refractivity contribution in [2.75, 3.05) is 14.2 Å². The van der Waals surface area contributed by atoms with E-state index in [1.165, 1.54) is 4.41 Å². The molecule has 1 aliphatic heterocycles. The number of ether oxygens (including phenoxy) is 2. The fourth-order valence-electron chi connectivity index (χ4n) is 3.78. The minimum atomic E-state index is -3.91. The normalized spacial score (nSPS) is 16.1. The molecular weight excluding hydrogens is 492 g/mol. The van der Waals surface area contributed by atoms with Crippen LogP contribution in [0.4, 0.5) is 0 Å². The Balaban J connectivity index is 1.86. The summed E-state index contributed by atoms with van der Waals surface area (Å²) in [6.07, 6.45) is 0.394. The molecule has 3 aromatic rings. The number of rotatable bonds is 6. The van der Waals surface area contributed by atoms with E-state index in [4.69, 9.17) is 9.47 Å². The molecule has 0 radical (unpaired) electrons. The van der Waals surface area contributed by atoms with Crippen molar-refractivity contribution in [1.29, 1.82) is 0 Å². The summed E-state index contributed by atoms with van der Waals surface area (Å²) in [6, 6.07) is 19.3. The molecule has 1 atom stereocenters. The summed E-state index contributed by atoms with van der Waals surface area (Å²) in [7, 11) is -0.808. The highest BCUT2D eigenvalue weighted by Gasteiger charge is 2.39. The van der Waals surface area contributed by atoms with Crippen molar-refractivity contribution in [2.24, 2.45) is 5.10 Å². The van der Waals surface area contributed by atoms with Crippen LogP contribution in [0.5, 0.6) is 11.5 Å². The Morgan fingerprint density at radius 1 is 1.00 bits per heavy atom. The lowest BCUT2D eigenvalue weighted by Crippen LogP contribution is -2.27. The second-order valence-corrected chi connectivity index (χ2v) is 10.2. The molecule has 0 N–H and O–H groups in total. The van der Waals surface area contributed by atoms with Crippen LogP contribution in [0.3, 0.4) is 0 Å². The summed E-state index contributed by atoms with van der Waals surface area (Å²) in [4.78, 5) is 0.189. The quantitative estimate of drug-likeness (QED) is 0.446. The summed E-state index contributed by atoms with van der Waals surface area (Å²) >= 11 is 3.49. The lowest BCUT2D eigenvalue weighted by molar-refractivity contribution is 0.328. The van der Waals surface area contributed by atoms with E-state index in [0.29, 0.717) is 29.2 Å². The van der Waals surface area contributed by atoms with Gasteiger partial charge in [-0.1, -0.05) is 57.9 Å². The molecule has 0 aromatic heterocycles. The monoisotopic (exact) mass is 514 g/mol. The number of halogens is 1. The molecule has 6 nitrogen and oxygen atoms in total. The van der Waals surface area contributed by atoms with Crippen LogP contribution in [0.25, 0.3) is 0 Å². The average molecular weight is 515 g/mol. The van der Waals surface area contributed by atoms with Crippen LogP contribution >= 0.6 is 15.9 Å². The zero-order valence-corrected chi connectivity index (χ0v) is 20.4. The maximum absolute atomic E-state index is 13.7. The van der Waals surface area contributed by atoms with Gasteiger partial charge in [-0.3, -0.25) is 0 Å². The molecule has 1 aliphatic rings. The Bertz CT molecular complexity index is 1270. The SMILES string of the molecule is COc1cccc([C@@H]2CC(c3cccc(Br)c3)=NN2S(=O)(=O)c2ccc(C)cc2)c1OC. The third-order valence-electron chi connectivity index (χ3n) is 5.39. The number of methoxy groups -OCH3 is 2. The molecule has 0 fully saturated rings. The Morgan fingerprint density at radius 3 is 2.38 bits per heavy atom. The van der Waals surface area contributed by atoms with E-state index in [-0.39, 0.29) is 4.90 Å². The predicted molar refractivity (Wildman–Crippen MR) is 128 cm³/mol. The average Bonchev–Trinajstić information content (AvgIpc) is 3.25. The molecule has 0 saturated heterocycles. The lowest BCUT2D eigenvalue weighted by atomic mass is 9.98. The van der Waals surface area contributed by atoms with Crippen LogP contribution in [0.2, 0.25) is 0 Å². The lowest BCUT2D eigenvalue weighted by Gasteiger charge is -2.25. The molecule has 0 spiro atoms. The van der Waals surface area contributed by atoms with Crippen LogP contribution in [-0.2, 0) is 10.0 Å². The fourth-order valence-corrected chi connectivity index (χ4v) is 5.60. The van der Waals surface area contributed by atoms with Crippen molar-refractivity contribution < 1.29 is 17.9 Å². The number of hydrogen-bond acceptors (Lipinski definition) is 5. The molecule has 1 heterocycles. The summed E-state index contributed by atoms with van der Waals surface area (Å²) in [6.45, 7) is 1.92. The van der Waals surface area contributed by atoms with Crippen LogP contribution in [0, 0.1) is 6.92 Å². The van der Waals surface area contributed by atoms with E-state index in [2.05, 4.69) is 21.0 Å². The third-order valence-corrected chi connectivity index (χ3v) is 7.58. The largest absolute Gasteiger partial charge is 0.493 e. The summed E-state index contributed by atoms with van der Waals surface area (Å²) in [5.74, 6) is 1.03. The van der Waals surface area contributed by atoms with Gasteiger partial charge in [-0.2, -0.15) is 17.9 Å². The number of aryl methyl sites for hydroxylation is 1. The van der Waals surface area contributed by atoms with E-state index in [1.807, 2.05) is 43.3 Å². The number of para-hydroxylation sites is 1. The molecule has 166 valence electrons. The van der Waals surface area contributed by atoms with Crippen LogP contribution < -0.4 is 9.47 Å². The number of benzene rings is 3. The number of sulfonamides is 1. The van der Waals surface area contributed by atoms with Gasteiger partial charge in [-0.05, 0) is 42.8 Å². The minimum absolute atomic E-state index is 0.189. The minimum Gasteiger partial charge on any atom is -0.493 e. The van der Waals surface area contributed by atoms with Crippen molar-refractivity contribution >= 4 is 31.7 Å². The van der Waals surface area contributed by atoms with Gasteiger partial charge in [-0.15, -0.1) is 0 Å². The van der Waals surface area contributed by atoms with Crippen molar-refractivity contribution in [2.45, 2.75) is 24.3 Å². The second-order valence-electron chi connectivity index (χ2n) is 7.45. The van der Waals surface area contributed by atoms with Gasteiger partial charge in [0.2, 0.25) is 0 Å². The highest BCUT2D eigenvalue weighted by Crippen LogP contribution is 2.43. The topological polar surface area (TPSA) is 68.2 Å². The van der Waals surface area contributed by atoms with Crippen molar-refractivity contribution in [3.8, 4) is 11.5 Å². The zero-order chi connectivity index (χ0) is 22.9. The number of hydrazone groups is 1. The molecule has 8 heteroatoms. The van der Waals surface area contributed by atoms with Crippen molar-refractivity contribution in [1.82, 2.24) is 4.41 Å². The van der Waals surface area contributed by atoms with Crippen LogP contribution in [-0.4, -0.2) is 32.8 Å². The smallest absolute Gasteiger partial charge is 0.279 e. The van der Waals surface area contributed by atoms with Crippen LogP contribution in [0.1, 0.15) is 29.2 Å². The highest BCUT2D eigenvalue weighted by atomic mass is 79.9. The van der Waals surface area contributed by atoms with E-state index < -0.39 is 16.1 Å². The molecule has 32 heavy (non-hydrogen) atoms. The van der Waals surface area contributed by atoms with E-state index in [1.54, 1.807) is 44.6 Å². The standard InChI is InChI=1S/C24H23BrN2O4S/c1-16-10-12-19(13-11-16)32(28,29)27-22(20-8-5-9-23(30-2)24(20)31-3)15-21(26-27)17-6-4-7-18(25)14-17/h4-14,22H,15H2,1-3H3/t22-/m0/s1. The Hall–Kier alpha value is -2.84. The Kier molecular flexibility index (Phi) is 6.26. The Labute approximate surface area is 196 Å². The van der Waals surface area contributed by atoms with Crippen LogP contribution in [0.15, 0.2) is 81.2 Å². The first kappa shape index (κ1) is 22.4. The second kappa shape index (κ2) is 8.96. The van der Waals surface area contributed by atoms with E-state index in [0.717, 1.165) is 15.6 Å². The molecular formula is C24H23BrN2O4S. The maximum Gasteiger partial charge on any atom is 0.279 e. The molecule has 4 rings (SSSR count). The molecule has 0 bridgehead atoms. The first-order valence-corrected chi connectivity index (χ1v) is 12.2. The first-order valence-electron chi connectivity index (χ1n) is 10.0. The molecule has 0 amide bonds. The van der Waals surface area contributed by atoms with E-state index >= 15 is 0 Å². The predicted octanol–water partition coefficient (Wildman–Crippen LogP) is 5.31. The summed E-state index contributed by atoms with van der Waals surface area (Å²) in [5.41, 5.74) is 3.20. The van der Waals surface area contributed by atoms with Crippen molar-refractivity contribution in [3.05, 3.63) is 87.9 Å². The van der Waals surface area contributed by atoms with Gasteiger partial charge >= 0.3 is 0 Å². The molecule has 0 unspecified atom stereocenters. The molecule has 0 saturated carbocycles. The van der Waals surface area contributed by atoms with Gasteiger partial charge in [-0.25, -0.2) is 0 Å². The van der Waals surface area contributed by atoms with Gasteiger partial charge in [0.15, 0.2) is 11.5 Å². The number of nitrogens with zero attached hydrogens (tertiary/aromatic N) is 2. The number of hydrogen-bond donors (Lipinski definition) is 0. The summed E-state index contributed by atoms with van der Waals surface area (Å²) in [5, 5.41) is 4.60. The Morgan fingerprint density at radius 2 is 1.72 bits per heavy atom. The van der Waals surface area contributed by atoms with E-state index in [9.17, 15) is 8.42 Å². The van der Waals surface area contributed by atoms with Gasteiger partial charge in [0, 0.05) is 16.5 Å². The third kappa shape index (κ3) is 4.12.